The number of nitrogens with one attached hydrogen (secondary N) is 1. The average molecular weight is 299 g/mol. The van der Waals surface area contributed by atoms with E-state index in [1.165, 1.54) is 0 Å². The SMILES string of the molecule is CCCc1cc(C(=O)NC(c2ncccc2C)C2CC2)no1. The summed E-state index contributed by atoms with van der Waals surface area (Å²) in [4.78, 5) is 16.9. The Morgan fingerprint density at radius 3 is 3.00 bits per heavy atom. The molecular weight excluding hydrogens is 278 g/mol. The fourth-order valence-corrected chi connectivity index (χ4v) is 2.66. The third-order valence-electron chi connectivity index (χ3n) is 4.01. The second-order valence-electron chi connectivity index (χ2n) is 5.92. The maximum Gasteiger partial charge on any atom is 0.274 e. The van der Waals surface area contributed by atoms with Gasteiger partial charge in [-0.3, -0.25) is 9.78 Å². The number of carbonyl (C=O) groups excluding carboxylic acids is 1. The van der Waals surface area contributed by atoms with Gasteiger partial charge in [0.2, 0.25) is 0 Å². The molecule has 22 heavy (non-hydrogen) atoms. The highest BCUT2D eigenvalue weighted by Gasteiger charge is 2.35. The van der Waals surface area contributed by atoms with Crippen molar-refractivity contribution < 1.29 is 9.32 Å². The van der Waals surface area contributed by atoms with Gasteiger partial charge in [0.1, 0.15) is 5.76 Å². The molecule has 0 spiro atoms. The Bertz CT molecular complexity index is 661. The lowest BCUT2D eigenvalue weighted by molar-refractivity contribution is 0.0921. The average Bonchev–Trinajstić information content (AvgIpc) is 3.25. The van der Waals surface area contributed by atoms with E-state index in [0.717, 1.165) is 42.7 Å². The molecule has 0 bridgehead atoms. The molecule has 1 aliphatic carbocycles. The Morgan fingerprint density at radius 1 is 1.50 bits per heavy atom. The molecule has 5 heteroatoms. The first-order chi connectivity index (χ1) is 10.7. The second kappa shape index (κ2) is 6.30. The van der Waals surface area contributed by atoms with E-state index in [1.807, 2.05) is 19.1 Å². The van der Waals surface area contributed by atoms with E-state index in [1.54, 1.807) is 12.3 Å². The van der Waals surface area contributed by atoms with E-state index in [-0.39, 0.29) is 11.9 Å². The molecule has 0 radical (unpaired) electrons. The van der Waals surface area contributed by atoms with Crippen LogP contribution in [0.5, 0.6) is 0 Å². The third kappa shape index (κ3) is 3.18. The number of rotatable bonds is 6. The molecule has 0 aromatic carbocycles. The summed E-state index contributed by atoms with van der Waals surface area (Å²) in [7, 11) is 0. The Balaban J connectivity index is 1.76. The molecule has 2 aromatic rings. The highest BCUT2D eigenvalue weighted by molar-refractivity contribution is 5.92. The van der Waals surface area contributed by atoms with Gasteiger partial charge >= 0.3 is 0 Å². The van der Waals surface area contributed by atoms with E-state index in [0.29, 0.717) is 11.6 Å². The molecule has 2 aromatic heterocycles. The van der Waals surface area contributed by atoms with Gasteiger partial charge in [0.25, 0.3) is 5.91 Å². The number of aryl methyl sites for hydroxylation is 2. The van der Waals surface area contributed by atoms with Crippen molar-refractivity contribution in [3.8, 4) is 0 Å². The smallest absolute Gasteiger partial charge is 0.274 e. The van der Waals surface area contributed by atoms with E-state index < -0.39 is 0 Å². The van der Waals surface area contributed by atoms with Gasteiger partial charge in [-0.15, -0.1) is 0 Å². The quantitative estimate of drug-likeness (QED) is 0.889. The lowest BCUT2D eigenvalue weighted by atomic mass is 10.0. The third-order valence-corrected chi connectivity index (χ3v) is 4.01. The van der Waals surface area contributed by atoms with Gasteiger partial charge in [0.15, 0.2) is 5.69 Å². The van der Waals surface area contributed by atoms with Gasteiger partial charge in [0, 0.05) is 18.7 Å². The Kier molecular flexibility index (Phi) is 4.22. The van der Waals surface area contributed by atoms with Gasteiger partial charge in [-0.2, -0.15) is 0 Å². The van der Waals surface area contributed by atoms with Crippen LogP contribution in [0, 0.1) is 12.8 Å². The number of carbonyl (C=O) groups is 1. The fraction of sp³-hybridized carbons (Fsp3) is 0.471. The van der Waals surface area contributed by atoms with Crippen LogP contribution in [0.3, 0.4) is 0 Å². The zero-order valence-corrected chi connectivity index (χ0v) is 13.0. The van der Waals surface area contributed by atoms with Crippen molar-refractivity contribution in [3.05, 3.63) is 47.1 Å². The Labute approximate surface area is 130 Å². The van der Waals surface area contributed by atoms with Gasteiger partial charge in [-0.25, -0.2) is 0 Å². The molecule has 1 fully saturated rings. The number of aromatic nitrogens is 2. The molecule has 0 aliphatic heterocycles. The molecular formula is C17H21N3O2. The van der Waals surface area contributed by atoms with E-state index >= 15 is 0 Å². The second-order valence-corrected chi connectivity index (χ2v) is 5.92. The van der Waals surface area contributed by atoms with Crippen molar-refractivity contribution in [2.24, 2.45) is 5.92 Å². The summed E-state index contributed by atoms with van der Waals surface area (Å²) < 4.78 is 5.19. The fourth-order valence-electron chi connectivity index (χ4n) is 2.66. The molecule has 0 saturated heterocycles. The summed E-state index contributed by atoms with van der Waals surface area (Å²) in [5.74, 6) is 1.04. The summed E-state index contributed by atoms with van der Waals surface area (Å²) in [6.45, 7) is 4.09. The topological polar surface area (TPSA) is 68.0 Å². The minimum Gasteiger partial charge on any atom is -0.361 e. The molecule has 116 valence electrons. The predicted octanol–water partition coefficient (Wildman–Crippen LogP) is 3.21. The normalized spacial score (nSPS) is 15.5. The first kappa shape index (κ1) is 14.8. The molecule has 1 N–H and O–H groups in total. The number of amides is 1. The minimum absolute atomic E-state index is 0.0416. The van der Waals surface area contributed by atoms with Crippen molar-refractivity contribution in [3.63, 3.8) is 0 Å². The lowest BCUT2D eigenvalue weighted by Crippen LogP contribution is -2.31. The maximum absolute atomic E-state index is 12.4. The first-order valence-electron chi connectivity index (χ1n) is 7.87. The Hall–Kier alpha value is -2.17. The van der Waals surface area contributed by atoms with Crippen LogP contribution in [0.25, 0.3) is 0 Å². The summed E-state index contributed by atoms with van der Waals surface area (Å²) in [5.41, 5.74) is 2.41. The summed E-state index contributed by atoms with van der Waals surface area (Å²) >= 11 is 0. The Morgan fingerprint density at radius 2 is 2.32 bits per heavy atom. The molecule has 5 nitrogen and oxygen atoms in total. The number of hydrogen-bond acceptors (Lipinski definition) is 4. The molecule has 1 atom stereocenters. The van der Waals surface area contributed by atoms with Crippen molar-refractivity contribution in [1.29, 1.82) is 0 Å². The minimum atomic E-state index is -0.187. The van der Waals surface area contributed by atoms with Crippen LogP contribution in [0.15, 0.2) is 28.9 Å². The molecule has 1 amide bonds. The first-order valence-corrected chi connectivity index (χ1v) is 7.87. The summed E-state index contributed by atoms with van der Waals surface area (Å²) in [6, 6.07) is 5.63. The predicted molar refractivity (Wildman–Crippen MR) is 82.4 cm³/mol. The molecule has 3 rings (SSSR count). The van der Waals surface area contributed by atoms with E-state index in [9.17, 15) is 4.79 Å². The zero-order valence-electron chi connectivity index (χ0n) is 13.0. The molecule has 1 unspecified atom stereocenters. The highest BCUT2D eigenvalue weighted by Crippen LogP contribution is 2.41. The van der Waals surface area contributed by atoms with Gasteiger partial charge in [-0.1, -0.05) is 18.1 Å². The van der Waals surface area contributed by atoms with E-state index in [4.69, 9.17) is 4.52 Å². The van der Waals surface area contributed by atoms with Crippen LogP contribution < -0.4 is 5.32 Å². The number of nitrogens with zero attached hydrogens (tertiary/aromatic N) is 2. The monoisotopic (exact) mass is 299 g/mol. The van der Waals surface area contributed by atoms with Crippen molar-refractivity contribution in [2.75, 3.05) is 0 Å². The zero-order chi connectivity index (χ0) is 15.5. The van der Waals surface area contributed by atoms with Crippen LogP contribution >= 0.6 is 0 Å². The highest BCUT2D eigenvalue weighted by atomic mass is 16.5. The van der Waals surface area contributed by atoms with Gasteiger partial charge in [-0.05, 0) is 43.7 Å². The van der Waals surface area contributed by atoms with Crippen LogP contribution in [0.4, 0.5) is 0 Å². The maximum atomic E-state index is 12.4. The van der Waals surface area contributed by atoms with Crippen LogP contribution in [0.2, 0.25) is 0 Å². The van der Waals surface area contributed by atoms with Gasteiger partial charge < -0.3 is 9.84 Å². The van der Waals surface area contributed by atoms with E-state index in [2.05, 4.69) is 22.4 Å². The molecule has 2 heterocycles. The largest absolute Gasteiger partial charge is 0.361 e. The van der Waals surface area contributed by atoms with Crippen molar-refractivity contribution >= 4 is 5.91 Å². The molecule has 1 saturated carbocycles. The lowest BCUT2D eigenvalue weighted by Gasteiger charge is -2.18. The number of pyridine rings is 1. The molecule has 1 aliphatic rings. The van der Waals surface area contributed by atoms with Crippen LogP contribution in [0.1, 0.15) is 59.7 Å². The van der Waals surface area contributed by atoms with Crippen LogP contribution in [-0.2, 0) is 6.42 Å². The summed E-state index contributed by atoms with van der Waals surface area (Å²) in [6.07, 6.45) is 5.79. The van der Waals surface area contributed by atoms with Crippen LogP contribution in [-0.4, -0.2) is 16.0 Å². The van der Waals surface area contributed by atoms with Crippen molar-refractivity contribution in [2.45, 2.75) is 45.6 Å². The van der Waals surface area contributed by atoms with Crippen molar-refractivity contribution in [1.82, 2.24) is 15.5 Å². The summed E-state index contributed by atoms with van der Waals surface area (Å²) in [5, 5.41) is 6.96. The number of hydrogen-bond donors (Lipinski definition) is 1. The standard InChI is InChI=1S/C17H21N3O2/c1-3-5-13-10-14(20-22-13)17(21)19-16(12-7-8-12)15-11(2)6-4-9-18-15/h4,6,9-10,12,16H,3,5,7-8H2,1-2H3,(H,19,21). The van der Waals surface area contributed by atoms with Gasteiger partial charge in [0.05, 0.1) is 11.7 Å².